The molecule has 0 bridgehead atoms. The van der Waals surface area contributed by atoms with Gasteiger partial charge in [0.15, 0.2) is 0 Å². The summed E-state index contributed by atoms with van der Waals surface area (Å²) >= 11 is 0. The van der Waals surface area contributed by atoms with E-state index in [2.05, 4.69) is 31.8 Å². The van der Waals surface area contributed by atoms with Crippen LogP contribution in [-0.2, 0) is 13.0 Å². The van der Waals surface area contributed by atoms with Gasteiger partial charge >= 0.3 is 6.03 Å². The van der Waals surface area contributed by atoms with Crippen LogP contribution in [0.15, 0.2) is 36.8 Å². The lowest BCUT2D eigenvalue weighted by atomic mass is 10.1. The Kier molecular flexibility index (Phi) is 3.60. The highest BCUT2D eigenvalue weighted by Crippen LogP contribution is 2.23. The summed E-state index contributed by atoms with van der Waals surface area (Å²) in [6.07, 6.45) is 4.97. The summed E-state index contributed by atoms with van der Waals surface area (Å²) in [6, 6.07) is 7.70. The maximum Gasteiger partial charge on any atom is 0.319 e. The van der Waals surface area contributed by atoms with Crippen LogP contribution in [0.3, 0.4) is 0 Å². The molecule has 0 radical (unpaired) electrons. The van der Waals surface area contributed by atoms with E-state index >= 15 is 0 Å². The molecule has 122 valence electrons. The van der Waals surface area contributed by atoms with Gasteiger partial charge in [-0.15, -0.1) is 0 Å². The fraction of sp³-hybridized carbons (Fsp3) is 0.294. The number of benzene rings is 1. The van der Waals surface area contributed by atoms with Crippen LogP contribution in [0.4, 0.5) is 10.5 Å². The summed E-state index contributed by atoms with van der Waals surface area (Å²) in [7, 11) is 0. The number of fused-ring (bicyclic) bond motifs is 2. The van der Waals surface area contributed by atoms with Crippen molar-refractivity contribution in [3.63, 3.8) is 0 Å². The third-order valence-electron chi connectivity index (χ3n) is 4.24. The first-order chi connectivity index (χ1) is 11.7. The van der Waals surface area contributed by atoms with Crippen molar-refractivity contribution >= 4 is 22.6 Å². The highest BCUT2D eigenvalue weighted by atomic mass is 16.2. The van der Waals surface area contributed by atoms with Crippen molar-refractivity contribution in [1.29, 1.82) is 0 Å². The lowest BCUT2D eigenvalue weighted by Gasteiger charge is -2.23. The van der Waals surface area contributed by atoms with E-state index < -0.39 is 0 Å². The molecule has 3 heterocycles. The molecule has 1 aromatic carbocycles. The van der Waals surface area contributed by atoms with Gasteiger partial charge < -0.3 is 10.6 Å². The Hall–Kier alpha value is -2.96. The van der Waals surface area contributed by atoms with Crippen LogP contribution >= 0.6 is 0 Å². The van der Waals surface area contributed by atoms with Crippen LogP contribution in [0.2, 0.25) is 0 Å². The molecule has 0 aliphatic carbocycles. The number of hydrogen-bond donors (Lipinski definition) is 2. The molecule has 7 heteroatoms. The van der Waals surface area contributed by atoms with E-state index in [0.717, 1.165) is 40.8 Å². The number of nitrogens with zero attached hydrogens (tertiary/aromatic N) is 4. The monoisotopic (exact) mass is 322 g/mol. The number of carbonyl (C=O) groups excluding carboxylic acids is 1. The zero-order chi connectivity index (χ0) is 16.5. The normalized spacial score (nSPS) is 16.6. The highest BCUT2D eigenvalue weighted by Gasteiger charge is 2.21. The van der Waals surface area contributed by atoms with Crippen molar-refractivity contribution in [1.82, 2.24) is 25.1 Å². The van der Waals surface area contributed by atoms with Gasteiger partial charge in [-0.2, -0.15) is 5.10 Å². The maximum atomic E-state index is 12.4. The van der Waals surface area contributed by atoms with E-state index in [1.807, 2.05) is 29.8 Å². The van der Waals surface area contributed by atoms with Gasteiger partial charge in [0, 0.05) is 18.0 Å². The molecule has 0 unspecified atom stereocenters. The van der Waals surface area contributed by atoms with Crippen LogP contribution in [0, 0.1) is 6.92 Å². The van der Waals surface area contributed by atoms with E-state index in [4.69, 9.17) is 0 Å². The SMILES string of the molecule is Cc1cc(NC(=O)N[C@H]2CCc3ncnn3C2)c2ncccc2c1. The summed E-state index contributed by atoms with van der Waals surface area (Å²) in [5, 5.41) is 11.1. The number of carbonyl (C=O) groups is 1. The number of nitrogens with one attached hydrogen (secondary N) is 2. The Morgan fingerprint density at radius 1 is 1.33 bits per heavy atom. The molecule has 0 saturated heterocycles. The lowest BCUT2D eigenvalue weighted by Crippen LogP contribution is -2.43. The average molecular weight is 322 g/mol. The molecule has 3 aromatic rings. The molecule has 1 aliphatic rings. The van der Waals surface area contributed by atoms with Crippen LogP contribution in [-0.4, -0.2) is 31.8 Å². The molecule has 7 nitrogen and oxygen atoms in total. The molecule has 2 N–H and O–H groups in total. The van der Waals surface area contributed by atoms with Crippen LogP contribution in [0.25, 0.3) is 10.9 Å². The fourth-order valence-corrected chi connectivity index (χ4v) is 3.14. The second-order valence-electron chi connectivity index (χ2n) is 6.08. The van der Waals surface area contributed by atoms with E-state index in [0.29, 0.717) is 6.54 Å². The summed E-state index contributed by atoms with van der Waals surface area (Å²) in [5.74, 6) is 0.974. The molecule has 1 aliphatic heterocycles. The number of urea groups is 1. The molecule has 0 fully saturated rings. The third kappa shape index (κ3) is 2.80. The minimum Gasteiger partial charge on any atom is -0.333 e. The minimum atomic E-state index is -0.221. The third-order valence-corrected chi connectivity index (χ3v) is 4.24. The van der Waals surface area contributed by atoms with Gasteiger partial charge in [-0.3, -0.25) is 4.98 Å². The Bertz CT molecular complexity index is 903. The van der Waals surface area contributed by atoms with E-state index in [1.165, 1.54) is 0 Å². The highest BCUT2D eigenvalue weighted by molar-refractivity contribution is 6.00. The first kappa shape index (κ1) is 14.6. The summed E-state index contributed by atoms with van der Waals surface area (Å²) in [4.78, 5) is 21.0. The number of aryl methyl sites for hydroxylation is 2. The van der Waals surface area contributed by atoms with E-state index in [9.17, 15) is 4.79 Å². The standard InChI is InChI=1S/C17H18N6O/c1-11-7-12-3-2-6-18-16(12)14(8-11)22-17(24)21-13-4-5-15-19-10-20-23(15)9-13/h2-3,6-8,10,13H,4-5,9H2,1H3,(H2,21,22,24)/t13-/m0/s1. The Morgan fingerprint density at radius 2 is 2.25 bits per heavy atom. The van der Waals surface area contributed by atoms with Gasteiger partial charge in [-0.05, 0) is 37.1 Å². The predicted octanol–water partition coefficient (Wildman–Crippen LogP) is 2.27. The van der Waals surface area contributed by atoms with Gasteiger partial charge in [-0.1, -0.05) is 6.07 Å². The van der Waals surface area contributed by atoms with Crippen LogP contribution in [0.1, 0.15) is 17.8 Å². The molecule has 1 atom stereocenters. The van der Waals surface area contributed by atoms with Crippen LogP contribution < -0.4 is 10.6 Å². The smallest absolute Gasteiger partial charge is 0.319 e. The minimum absolute atomic E-state index is 0.0447. The van der Waals surface area contributed by atoms with Gasteiger partial charge in [0.1, 0.15) is 12.2 Å². The van der Waals surface area contributed by atoms with Crippen LogP contribution in [0.5, 0.6) is 0 Å². The van der Waals surface area contributed by atoms with Crippen molar-refractivity contribution in [2.45, 2.75) is 32.4 Å². The van der Waals surface area contributed by atoms with Crippen molar-refractivity contribution in [2.75, 3.05) is 5.32 Å². The first-order valence-corrected chi connectivity index (χ1v) is 7.98. The van der Waals surface area contributed by atoms with E-state index in [-0.39, 0.29) is 12.1 Å². The van der Waals surface area contributed by atoms with E-state index in [1.54, 1.807) is 12.5 Å². The van der Waals surface area contributed by atoms with Gasteiger partial charge in [0.2, 0.25) is 0 Å². The topological polar surface area (TPSA) is 84.7 Å². The Balaban J connectivity index is 1.49. The lowest BCUT2D eigenvalue weighted by molar-refractivity contribution is 0.243. The van der Waals surface area contributed by atoms with Gasteiger partial charge in [0.25, 0.3) is 0 Å². The Morgan fingerprint density at radius 3 is 3.17 bits per heavy atom. The number of amides is 2. The molecule has 0 saturated carbocycles. The van der Waals surface area contributed by atoms with Crippen molar-refractivity contribution < 1.29 is 4.79 Å². The molecular formula is C17H18N6O. The maximum absolute atomic E-state index is 12.4. The van der Waals surface area contributed by atoms with Crippen molar-refractivity contribution in [3.05, 3.63) is 48.2 Å². The summed E-state index contributed by atoms with van der Waals surface area (Å²) in [6.45, 7) is 2.65. The number of aromatic nitrogens is 4. The average Bonchev–Trinajstić information content (AvgIpc) is 3.02. The summed E-state index contributed by atoms with van der Waals surface area (Å²) in [5.41, 5.74) is 2.59. The zero-order valence-electron chi connectivity index (χ0n) is 13.4. The van der Waals surface area contributed by atoms with Gasteiger partial charge in [0.05, 0.1) is 23.8 Å². The molecule has 0 spiro atoms. The second kappa shape index (κ2) is 5.92. The molecule has 24 heavy (non-hydrogen) atoms. The summed E-state index contributed by atoms with van der Waals surface area (Å²) < 4.78 is 1.85. The predicted molar refractivity (Wildman–Crippen MR) is 90.8 cm³/mol. The fourth-order valence-electron chi connectivity index (χ4n) is 3.14. The molecule has 4 rings (SSSR count). The number of anilines is 1. The largest absolute Gasteiger partial charge is 0.333 e. The molecule has 2 aromatic heterocycles. The number of pyridine rings is 1. The number of rotatable bonds is 2. The Labute approximate surface area is 139 Å². The van der Waals surface area contributed by atoms with Crippen molar-refractivity contribution in [2.24, 2.45) is 0 Å². The van der Waals surface area contributed by atoms with Gasteiger partial charge in [-0.25, -0.2) is 14.5 Å². The zero-order valence-corrected chi connectivity index (χ0v) is 13.4. The van der Waals surface area contributed by atoms with Crippen molar-refractivity contribution in [3.8, 4) is 0 Å². The first-order valence-electron chi connectivity index (χ1n) is 7.98. The molecule has 2 amide bonds. The number of hydrogen-bond acceptors (Lipinski definition) is 4. The molecular weight excluding hydrogens is 304 g/mol. The second-order valence-corrected chi connectivity index (χ2v) is 6.08. The quantitative estimate of drug-likeness (QED) is 0.758.